The number of aldehydes is 1. The number of nitrogens with one attached hydrogen (secondary N) is 1. The summed E-state index contributed by atoms with van der Waals surface area (Å²) in [6, 6.07) is 20.7. The van der Waals surface area contributed by atoms with Crippen LogP contribution in [0.15, 0.2) is 67.0 Å². The molecule has 2 aromatic heterocycles. The van der Waals surface area contributed by atoms with Crippen LogP contribution in [0.2, 0.25) is 0 Å². The summed E-state index contributed by atoms with van der Waals surface area (Å²) in [5.74, 6) is 1.72. The molecule has 3 aliphatic heterocycles. The van der Waals surface area contributed by atoms with Crippen LogP contribution in [0.1, 0.15) is 73.0 Å². The second-order valence-electron chi connectivity index (χ2n) is 14.3. The van der Waals surface area contributed by atoms with Crippen LogP contribution in [0, 0.1) is 5.41 Å². The molecule has 4 fully saturated rings. The maximum atomic E-state index is 11.9. The first-order valence-electron chi connectivity index (χ1n) is 17.1. The van der Waals surface area contributed by atoms with Gasteiger partial charge in [-0.2, -0.15) is 0 Å². The van der Waals surface area contributed by atoms with Gasteiger partial charge in [-0.15, -0.1) is 0 Å². The van der Waals surface area contributed by atoms with E-state index in [4.69, 9.17) is 9.47 Å². The molecule has 1 aliphatic carbocycles. The number of benzene rings is 2. The number of hydrogen-bond donors (Lipinski definition) is 1. The van der Waals surface area contributed by atoms with Gasteiger partial charge in [0, 0.05) is 68.1 Å². The highest BCUT2D eigenvalue weighted by Crippen LogP contribution is 2.53. The Bertz CT molecular complexity index is 1700. The quantitative estimate of drug-likeness (QED) is 0.218. The maximum Gasteiger partial charge on any atom is 0.153 e. The number of nitrogens with zero attached hydrogens (tertiary/aromatic N) is 4. The van der Waals surface area contributed by atoms with Crippen LogP contribution >= 0.6 is 0 Å². The van der Waals surface area contributed by atoms with Gasteiger partial charge in [0.2, 0.25) is 0 Å². The number of H-pyrrole nitrogens is 1. The third kappa shape index (κ3) is 5.50. The third-order valence-corrected chi connectivity index (χ3v) is 11.3. The van der Waals surface area contributed by atoms with Gasteiger partial charge >= 0.3 is 0 Å². The highest BCUT2D eigenvalue weighted by atomic mass is 16.5. The van der Waals surface area contributed by atoms with Crippen molar-refractivity contribution in [3.63, 3.8) is 0 Å². The molecular weight excluding hydrogens is 574 g/mol. The van der Waals surface area contributed by atoms with E-state index in [1.165, 1.54) is 36.8 Å². The zero-order valence-electron chi connectivity index (χ0n) is 27.0. The Morgan fingerprint density at radius 1 is 1.00 bits per heavy atom. The standard InChI is InChI=1S/C38H45N5O3/c1-26(2)33-5-3-4-6-34(33)35-22-42(31-24-45-25-31)15-16-43(35)30-19-38(20-30)10-13-41(14-11-38)29-8-7-28(23-44)36(18-29)46-32-17-27-9-12-39-37(27)40-21-32/h3-9,12,17-18,21,23,26,30-31,35H,10-11,13-16,19-20,22,24-25H2,1-2H3,(H,39,40). The van der Waals surface area contributed by atoms with Crippen LogP contribution in [0.5, 0.6) is 11.5 Å². The van der Waals surface area contributed by atoms with Gasteiger partial charge in [-0.05, 0) is 72.4 Å². The molecule has 1 spiro atoms. The lowest BCUT2D eigenvalue weighted by atomic mass is 9.59. The van der Waals surface area contributed by atoms with E-state index in [2.05, 4.69) is 68.8 Å². The Morgan fingerprint density at radius 2 is 1.83 bits per heavy atom. The van der Waals surface area contributed by atoms with Crippen molar-refractivity contribution in [3.8, 4) is 11.5 Å². The predicted molar refractivity (Wildman–Crippen MR) is 181 cm³/mol. The number of piperidine rings is 1. The molecule has 1 unspecified atom stereocenters. The van der Waals surface area contributed by atoms with Crippen molar-refractivity contribution in [2.45, 2.75) is 63.6 Å². The molecule has 46 heavy (non-hydrogen) atoms. The number of ether oxygens (including phenoxy) is 2. The van der Waals surface area contributed by atoms with Crippen molar-refractivity contribution in [1.82, 2.24) is 19.8 Å². The van der Waals surface area contributed by atoms with Crippen LogP contribution in [0.4, 0.5) is 5.69 Å². The Hall–Kier alpha value is -3.72. The smallest absolute Gasteiger partial charge is 0.153 e. The van der Waals surface area contributed by atoms with E-state index < -0.39 is 0 Å². The molecule has 5 heterocycles. The number of carbonyl (C=O) groups excluding carboxylic acids is 1. The molecule has 4 aliphatic rings. The van der Waals surface area contributed by atoms with Gasteiger partial charge in [0.25, 0.3) is 0 Å². The summed E-state index contributed by atoms with van der Waals surface area (Å²) >= 11 is 0. The average molecular weight is 620 g/mol. The van der Waals surface area contributed by atoms with E-state index >= 15 is 0 Å². The molecule has 3 saturated heterocycles. The zero-order valence-corrected chi connectivity index (χ0v) is 27.0. The van der Waals surface area contributed by atoms with Crippen molar-refractivity contribution in [2.75, 3.05) is 50.8 Å². The number of fused-ring (bicyclic) bond motifs is 1. The van der Waals surface area contributed by atoms with Crippen molar-refractivity contribution in [2.24, 2.45) is 5.41 Å². The molecule has 8 nitrogen and oxygen atoms in total. The first-order chi connectivity index (χ1) is 22.5. The number of hydrogen-bond acceptors (Lipinski definition) is 7. The predicted octanol–water partition coefficient (Wildman–Crippen LogP) is 6.80. The lowest BCUT2D eigenvalue weighted by Gasteiger charge is -2.59. The van der Waals surface area contributed by atoms with E-state index in [0.717, 1.165) is 68.9 Å². The molecule has 240 valence electrons. The number of pyridine rings is 1. The number of rotatable bonds is 8. The van der Waals surface area contributed by atoms with Gasteiger partial charge in [0.05, 0.1) is 31.0 Å². The number of carbonyl (C=O) groups is 1. The largest absolute Gasteiger partial charge is 0.455 e. The minimum atomic E-state index is 0.432. The van der Waals surface area contributed by atoms with Crippen molar-refractivity contribution in [1.29, 1.82) is 0 Å². The summed E-state index contributed by atoms with van der Waals surface area (Å²) in [4.78, 5) is 27.5. The highest BCUT2D eigenvalue weighted by Gasteiger charge is 2.50. The van der Waals surface area contributed by atoms with Crippen LogP contribution in [0.25, 0.3) is 11.0 Å². The molecule has 1 atom stereocenters. The summed E-state index contributed by atoms with van der Waals surface area (Å²) < 4.78 is 11.8. The molecule has 8 heteroatoms. The number of anilines is 1. The minimum Gasteiger partial charge on any atom is -0.455 e. The lowest BCUT2D eigenvalue weighted by Crippen LogP contribution is -2.62. The van der Waals surface area contributed by atoms with E-state index in [0.29, 0.717) is 46.5 Å². The fourth-order valence-electron chi connectivity index (χ4n) is 8.47. The van der Waals surface area contributed by atoms with Crippen LogP contribution in [-0.4, -0.2) is 84.1 Å². The molecule has 4 aromatic rings. The Labute approximate surface area is 271 Å². The Morgan fingerprint density at radius 3 is 2.59 bits per heavy atom. The lowest BCUT2D eigenvalue weighted by molar-refractivity contribution is -0.110. The van der Waals surface area contributed by atoms with Crippen molar-refractivity contribution >= 4 is 23.0 Å². The summed E-state index contributed by atoms with van der Waals surface area (Å²) in [5, 5.41) is 0.978. The summed E-state index contributed by atoms with van der Waals surface area (Å²) in [6.07, 6.45) is 9.43. The zero-order chi connectivity index (χ0) is 31.3. The van der Waals surface area contributed by atoms with Gasteiger partial charge in [0.1, 0.15) is 17.1 Å². The number of aromatic nitrogens is 2. The van der Waals surface area contributed by atoms with E-state index in [1.54, 1.807) is 6.20 Å². The van der Waals surface area contributed by atoms with Gasteiger partial charge in [-0.3, -0.25) is 14.6 Å². The molecule has 1 N–H and O–H groups in total. The summed E-state index contributed by atoms with van der Waals surface area (Å²) in [5.41, 5.74) is 5.94. The van der Waals surface area contributed by atoms with E-state index in [1.807, 2.05) is 30.5 Å². The first-order valence-corrected chi connectivity index (χ1v) is 17.1. The topological polar surface area (TPSA) is 73.9 Å². The normalized spacial score (nSPS) is 22.7. The first kappa shape index (κ1) is 29.7. The van der Waals surface area contributed by atoms with Crippen molar-refractivity contribution in [3.05, 3.63) is 83.7 Å². The Kier molecular flexibility index (Phi) is 7.83. The number of piperazine rings is 1. The Balaban J connectivity index is 0.941. The highest BCUT2D eigenvalue weighted by molar-refractivity contribution is 5.81. The van der Waals surface area contributed by atoms with E-state index in [-0.39, 0.29) is 0 Å². The molecule has 1 saturated carbocycles. The van der Waals surface area contributed by atoms with Gasteiger partial charge < -0.3 is 19.4 Å². The van der Waals surface area contributed by atoms with Gasteiger partial charge in [-0.25, -0.2) is 4.98 Å². The summed E-state index contributed by atoms with van der Waals surface area (Å²) in [6.45, 7) is 11.9. The molecular formula is C38H45N5O3. The summed E-state index contributed by atoms with van der Waals surface area (Å²) in [7, 11) is 0. The maximum absolute atomic E-state index is 11.9. The van der Waals surface area contributed by atoms with Gasteiger partial charge in [-0.1, -0.05) is 38.1 Å². The molecule has 2 aromatic carbocycles. The molecule has 0 amide bonds. The fraction of sp³-hybridized carbons (Fsp3) is 0.474. The number of aromatic amines is 1. The second-order valence-corrected chi connectivity index (χ2v) is 14.3. The minimum absolute atomic E-state index is 0.432. The van der Waals surface area contributed by atoms with E-state index in [9.17, 15) is 4.79 Å². The second kappa shape index (κ2) is 12.1. The SMILES string of the molecule is CC(C)c1ccccc1C1CN(C2COC2)CCN1C1CC2(CCN(c3ccc(C=O)c(Oc4cnc5[nH]ccc5c4)c3)CC2)C1. The van der Waals surface area contributed by atoms with Crippen molar-refractivity contribution < 1.29 is 14.3 Å². The van der Waals surface area contributed by atoms with Crippen LogP contribution < -0.4 is 9.64 Å². The van der Waals surface area contributed by atoms with Crippen LogP contribution in [0.3, 0.4) is 0 Å². The molecule has 8 rings (SSSR count). The molecule has 0 bridgehead atoms. The third-order valence-electron chi connectivity index (χ3n) is 11.3. The van der Waals surface area contributed by atoms with Crippen LogP contribution in [-0.2, 0) is 4.74 Å². The molecule has 0 radical (unpaired) electrons. The fourth-order valence-corrected chi connectivity index (χ4v) is 8.47. The van der Waals surface area contributed by atoms with Gasteiger partial charge in [0.15, 0.2) is 6.29 Å². The monoisotopic (exact) mass is 619 g/mol. The average Bonchev–Trinajstić information content (AvgIpc) is 3.51.